The Morgan fingerprint density at radius 2 is 2.42 bits per heavy atom. The van der Waals surface area contributed by atoms with Crippen LogP contribution in [0.5, 0.6) is 5.88 Å². The van der Waals surface area contributed by atoms with Gasteiger partial charge in [0, 0.05) is 12.5 Å². The van der Waals surface area contributed by atoms with Gasteiger partial charge in [-0.15, -0.1) is 0 Å². The van der Waals surface area contributed by atoms with Gasteiger partial charge in [0.05, 0.1) is 12.6 Å². The topological polar surface area (TPSA) is 75.9 Å². The molecule has 1 aliphatic rings. The third kappa shape index (κ3) is 1.84. The molecule has 0 saturated carbocycles. The molecule has 0 radical (unpaired) electrons. The first kappa shape index (κ1) is 12.0. The van der Waals surface area contributed by atoms with Crippen LogP contribution in [0.3, 0.4) is 0 Å². The summed E-state index contributed by atoms with van der Waals surface area (Å²) in [5.41, 5.74) is 0.662. The van der Waals surface area contributed by atoms with Crippen molar-refractivity contribution in [2.75, 3.05) is 20.2 Å². The van der Waals surface area contributed by atoms with Crippen LogP contribution in [0.2, 0.25) is 0 Å². The van der Waals surface area contributed by atoms with Crippen LogP contribution in [0.15, 0.2) is 18.2 Å². The number of hydrogen-bond donors (Lipinski definition) is 2. The van der Waals surface area contributed by atoms with Crippen molar-refractivity contribution in [3.63, 3.8) is 0 Å². The zero-order valence-electron chi connectivity index (χ0n) is 10.6. The van der Waals surface area contributed by atoms with E-state index in [1.165, 1.54) is 0 Å². The number of carboxylic acid groups (broad SMARTS) is 1. The van der Waals surface area contributed by atoms with Crippen LogP contribution in [0.25, 0.3) is 5.52 Å². The number of carboxylic acids is 1. The summed E-state index contributed by atoms with van der Waals surface area (Å²) in [6, 6.07) is 5.34. The maximum atomic E-state index is 11.3. The Bertz CT molecular complexity index is 629. The number of carbonyl (C=O) groups is 1. The molecule has 2 aromatic rings. The average Bonchev–Trinajstić information content (AvgIpc) is 3.04. The summed E-state index contributed by atoms with van der Waals surface area (Å²) in [5.74, 6) is 0.578. The molecular weight excluding hydrogens is 246 g/mol. The van der Waals surface area contributed by atoms with E-state index in [0.29, 0.717) is 11.4 Å². The van der Waals surface area contributed by atoms with Crippen molar-refractivity contribution in [3.8, 4) is 5.88 Å². The molecule has 2 N–H and O–H groups in total. The molecule has 1 atom stereocenters. The first-order valence-corrected chi connectivity index (χ1v) is 6.21. The minimum absolute atomic E-state index is 0.0841. The molecule has 1 saturated heterocycles. The third-order valence-electron chi connectivity index (χ3n) is 3.49. The van der Waals surface area contributed by atoms with Crippen LogP contribution >= 0.6 is 0 Å². The molecule has 2 aromatic heterocycles. The number of pyridine rings is 1. The Kier molecular flexibility index (Phi) is 2.87. The Hall–Kier alpha value is -2.08. The smallest absolute Gasteiger partial charge is 0.356 e. The summed E-state index contributed by atoms with van der Waals surface area (Å²) in [6.07, 6.45) is 0.955. The fourth-order valence-electron chi connectivity index (χ4n) is 2.60. The van der Waals surface area contributed by atoms with Crippen molar-refractivity contribution in [2.24, 2.45) is 0 Å². The maximum absolute atomic E-state index is 11.3. The summed E-state index contributed by atoms with van der Waals surface area (Å²) >= 11 is 0. The van der Waals surface area contributed by atoms with E-state index >= 15 is 0 Å². The van der Waals surface area contributed by atoms with Crippen molar-refractivity contribution < 1.29 is 14.6 Å². The van der Waals surface area contributed by atoms with Gasteiger partial charge in [-0.25, -0.2) is 9.78 Å². The lowest BCUT2D eigenvalue weighted by molar-refractivity contribution is 0.0693. The van der Waals surface area contributed by atoms with Crippen molar-refractivity contribution in [1.29, 1.82) is 0 Å². The SMILES string of the molecule is COc1cccc2c(C(=O)O)nc(C3CCNC3)n12. The number of fused-ring (bicyclic) bond motifs is 1. The van der Waals surface area contributed by atoms with Crippen LogP contribution in [0.1, 0.15) is 28.7 Å². The Morgan fingerprint density at radius 1 is 1.58 bits per heavy atom. The van der Waals surface area contributed by atoms with Gasteiger partial charge in [-0.2, -0.15) is 0 Å². The van der Waals surface area contributed by atoms with Crippen molar-refractivity contribution in [1.82, 2.24) is 14.7 Å². The largest absolute Gasteiger partial charge is 0.482 e. The molecule has 100 valence electrons. The first-order chi connectivity index (χ1) is 9.22. The number of methoxy groups -OCH3 is 1. The van der Waals surface area contributed by atoms with E-state index in [1.807, 2.05) is 6.07 Å². The van der Waals surface area contributed by atoms with Crippen LogP contribution in [-0.2, 0) is 0 Å². The predicted octanol–water partition coefficient (Wildman–Crippen LogP) is 1.12. The molecule has 1 aliphatic heterocycles. The molecule has 0 spiro atoms. The second-order valence-corrected chi connectivity index (χ2v) is 4.60. The molecule has 0 amide bonds. The molecule has 0 bridgehead atoms. The highest BCUT2D eigenvalue weighted by Gasteiger charge is 2.26. The minimum Gasteiger partial charge on any atom is -0.482 e. The number of aromatic nitrogens is 2. The number of aromatic carboxylic acids is 1. The standard InChI is InChI=1S/C13H15N3O3/c1-19-10-4-2-3-9-11(13(17)18)15-12(16(9)10)8-5-6-14-7-8/h2-4,8,14H,5-7H2,1H3,(H,17,18). The van der Waals surface area contributed by atoms with Gasteiger partial charge in [-0.3, -0.25) is 4.40 Å². The van der Waals surface area contributed by atoms with Gasteiger partial charge in [0.1, 0.15) is 5.82 Å². The lowest BCUT2D eigenvalue weighted by Gasteiger charge is -2.10. The molecule has 0 aliphatic carbocycles. The second kappa shape index (κ2) is 4.55. The van der Waals surface area contributed by atoms with Gasteiger partial charge in [-0.1, -0.05) is 6.07 Å². The average molecular weight is 261 g/mol. The van der Waals surface area contributed by atoms with Gasteiger partial charge in [0.15, 0.2) is 11.6 Å². The van der Waals surface area contributed by atoms with E-state index in [1.54, 1.807) is 23.6 Å². The van der Waals surface area contributed by atoms with Crippen molar-refractivity contribution in [2.45, 2.75) is 12.3 Å². The summed E-state index contributed by atoms with van der Waals surface area (Å²) in [5, 5.41) is 12.5. The van der Waals surface area contributed by atoms with Gasteiger partial charge < -0.3 is 15.2 Å². The monoisotopic (exact) mass is 261 g/mol. The molecule has 19 heavy (non-hydrogen) atoms. The normalized spacial score (nSPS) is 18.9. The number of nitrogens with one attached hydrogen (secondary N) is 1. The van der Waals surface area contributed by atoms with Crippen LogP contribution in [0, 0.1) is 0 Å². The Labute approximate surface area is 110 Å². The van der Waals surface area contributed by atoms with E-state index < -0.39 is 5.97 Å². The molecule has 0 aromatic carbocycles. The van der Waals surface area contributed by atoms with E-state index in [0.717, 1.165) is 25.3 Å². The van der Waals surface area contributed by atoms with Crippen LogP contribution in [-0.4, -0.2) is 40.7 Å². The fourth-order valence-corrected chi connectivity index (χ4v) is 2.60. The zero-order chi connectivity index (χ0) is 13.4. The zero-order valence-corrected chi connectivity index (χ0v) is 10.6. The molecule has 3 rings (SSSR count). The van der Waals surface area contributed by atoms with Gasteiger partial charge in [-0.05, 0) is 25.1 Å². The van der Waals surface area contributed by atoms with Crippen molar-refractivity contribution in [3.05, 3.63) is 29.7 Å². The predicted molar refractivity (Wildman–Crippen MR) is 68.9 cm³/mol. The summed E-state index contributed by atoms with van der Waals surface area (Å²) in [6.45, 7) is 1.74. The summed E-state index contributed by atoms with van der Waals surface area (Å²) < 4.78 is 7.14. The lowest BCUT2D eigenvalue weighted by Crippen LogP contribution is -2.11. The van der Waals surface area contributed by atoms with E-state index in [4.69, 9.17) is 4.74 Å². The highest BCUT2D eigenvalue weighted by atomic mass is 16.5. The molecule has 3 heterocycles. The number of ether oxygens (including phenoxy) is 1. The first-order valence-electron chi connectivity index (χ1n) is 6.21. The Morgan fingerprint density at radius 3 is 3.05 bits per heavy atom. The minimum atomic E-state index is -1.01. The molecule has 6 nitrogen and oxygen atoms in total. The van der Waals surface area contributed by atoms with Crippen LogP contribution < -0.4 is 10.1 Å². The van der Waals surface area contributed by atoms with Crippen LogP contribution in [0.4, 0.5) is 0 Å². The second-order valence-electron chi connectivity index (χ2n) is 4.60. The number of nitrogens with zero attached hydrogens (tertiary/aromatic N) is 2. The lowest BCUT2D eigenvalue weighted by atomic mass is 10.1. The number of imidazole rings is 1. The van der Waals surface area contributed by atoms with E-state index in [2.05, 4.69) is 10.3 Å². The molecule has 1 fully saturated rings. The van der Waals surface area contributed by atoms with E-state index in [-0.39, 0.29) is 11.6 Å². The fraction of sp³-hybridized carbons (Fsp3) is 0.385. The van der Waals surface area contributed by atoms with Gasteiger partial charge in [0.25, 0.3) is 0 Å². The van der Waals surface area contributed by atoms with Crippen molar-refractivity contribution >= 4 is 11.5 Å². The van der Waals surface area contributed by atoms with Gasteiger partial charge >= 0.3 is 5.97 Å². The number of rotatable bonds is 3. The summed E-state index contributed by atoms with van der Waals surface area (Å²) in [7, 11) is 1.58. The highest BCUT2D eigenvalue weighted by Crippen LogP contribution is 2.28. The molecule has 6 heteroatoms. The molecule has 1 unspecified atom stereocenters. The number of hydrogen-bond acceptors (Lipinski definition) is 4. The molecular formula is C13H15N3O3. The Balaban J connectivity index is 2.27. The van der Waals surface area contributed by atoms with E-state index in [9.17, 15) is 9.90 Å². The summed E-state index contributed by atoms with van der Waals surface area (Å²) in [4.78, 5) is 15.6. The maximum Gasteiger partial charge on any atom is 0.356 e. The third-order valence-corrected chi connectivity index (χ3v) is 3.49. The van der Waals surface area contributed by atoms with Gasteiger partial charge in [0.2, 0.25) is 0 Å². The quantitative estimate of drug-likeness (QED) is 0.865. The highest BCUT2D eigenvalue weighted by molar-refractivity contribution is 5.94.